The van der Waals surface area contributed by atoms with Crippen LogP contribution in [0.4, 0.5) is 10.2 Å². The molecule has 0 saturated carbocycles. The number of pyridine rings is 1. The van der Waals surface area contributed by atoms with Crippen molar-refractivity contribution < 1.29 is 4.39 Å². The van der Waals surface area contributed by atoms with Crippen molar-refractivity contribution in [1.82, 2.24) is 14.5 Å². The summed E-state index contributed by atoms with van der Waals surface area (Å²) in [7, 11) is 1.91. The molecule has 0 saturated heterocycles. The second-order valence-corrected chi connectivity index (χ2v) is 5.57. The maximum absolute atomic E-state index is 13.2. The number of anilines is 1. The van der Waals surface area contributed by atoms with E-state index in [9.17, 15) is 4.39 Å². The molecule has 0 atom stereocenters. The van der Waals surface area contributed by atoms with Gasteiger partial charge in [-0.05, 0) is 55.5 Å². The van der Waals surface area contributed by atoms with Crippen LogP contribution in [0.5, 0.6) is 0 Å². The van der Waals surface area contributed by atoms with E-state index in [0.717, 1.165) is 34.9 Å². The predicted molar refractivity (Wildman–Crippen MR) is 93.4 cm³/mol. The number of aromatic nitrogens is 3. The van der Waals surface area contributed by atoms with Gasteiger partial charge in [0, 0.05) is 30.9 Å². The zero-order valence-electron chi connectivity index (χ0n) is 12.9. The highest BCUT2D eigenvalue weighted by atomic mass is 32.1. The van der Waals surface area contributed by atoms with Crippen LogP contribution in [0.3, 0.4) is 0 Å². The molecule has 0 unspecified atom stereocenters. The Kier molecular flexibility index (Phi) is 4.25. The van der Waals surface area contributed by atoms with E-state index in [4.69, 9.17) is 12.2 Å². The first-order chi connectivity index (χ1) is 11.1. The Labute approximate surface area is 139 Å². The third kappa shape index (κ3) is 3.03. The first kappa shape index (κ1) is 15.4. The lowest BCUT2D eigenvalue weighted by molar-refractivity contribution is 0.628. The Morgan fingerprint density at radius 3 is 2.65 bits per heavy atom. The lowest BCUT2D eigenvalue weighted by Gasteiger charge is -2.09. The summed E-state index contributed by atoms with van der Waals surface area (Å²) in [6.45, 7) is 2.82. The fourth-order valence-electron chi connectivity index (χ4n) is 2.54. The lowest BCUT2D eigenvalue weighted by Crippen LogP contribution is -2.00. The number of imidazole rings is 1. The van der Waals surface area contributed by atoms with E-state index in [2.05, 4.69) is 15.3 Å². The van der Waals surface area contributed by atoms with Crippen LogP contribution in [-0.2, 0) is 7.05 Å². The summed E-state index contributed by atoms with van der Waals surface area (Å²) in [6.07, 6.45) is 1.76. The summed E-state index contributed by atoms with van der Waals surface area (Å²) in [6, 6.07) is 10.3. The van der Waals surface area contributed by atoms with Crippen molar-refractivity contribution in [3.63, 3.8) is 0 Å². The summed E-state index contributed by atoms with van der Waals surface area (Å²) in [5.74, 6) is 0.547. The van der Waals surface area contributed by atoms with Gasteiger partial charge in [-0.25, -0.2) is 9.37 Å². The van der Waals surface area contributed by atoms with Gasteiger partial charge in [0.05, 0.1) is 11.4 Å². The van der Waals surface area contributed by atoms with Crippen LogP contribution in [0.2, 0.25) is 0 Å². The van der Waals surface area contributed by atoms with E-state index in [1.165, 1.54) is 12.1 Å². The fourth-order valence-corrected chi connectivity index (χ4v) is 2.73. The van der Waals surface area contributed by atoms with E-state index in [-0.39, 0.29) is 5.82 Å². The summed E-state index contributed by atoms with van der Waals surface area (Å²) in [5.41, 5.74) is 3.69. The maximum Gasteiger partial charge on any atom is 0.177 e. The Morgan fingerprint density at radius 2 is 1.96 bits per heavy atom. The molecule has 23 heavy (non-hydrogen) atoms. The Hall–Kier alpha value is -2.47. The van der Waals surface area contributed by atoms with E-state index in [0.29, 0.717) is 4.77 Å². The smallest absolute Gasteiger partial charge is 0.177 e. The fraction of sp³-hybridized carbons (Fsp3) is 0.176. The Bertz CT molecular complexity index is 880. The molecule has 3 rings (SSSR count). The zero-order chi connectivity index (χ0) is 16.4. The SMILES string of the molecule is CCNc1cc(-c2c(-c3ccc(F)cc3)[nH]c(=S)n2C)ccn1. The van der Waals surface area contributed by atoms with Crippen LogP contribution < -0.4 is 5.32 Å². The number of aromatic amines is 1. The molecule has 0 bridgehead atoms. The van der Waals surface area contributed by atoms with Gasteiger partial charge < -0.3 is 14.9 Å². The molecule has 118 valence electrons. The molecule has 0 spiro atoms. The van der Waals surface area contributed by atoms with E-state index in [1.54, 1.807) is 18.3 Å². The zero-order valence-corrected chi connectivity index (χ0v) is 13.7. The van der Waals surface area contributed by atoms with Crippen LogP contribution >= 0.6 is 12.2 Å². The number of nitrogens with zero attached hydrogens (tertiary/aromatic N) is 2. The van der Waals surface area contributed by atoms with E-state index >= 15 is 0 Å². The van der Waals surface area contributed by atoms with Crippen molar-refractivity contribution in [2.45, 2.75) is 6.92 Å². The van der Waals surface area contributed by atoms with Gasteiger partial charge in [-0.2, -0.15) is 0 Å². The van der Waals surface area contributed by atoms with Crippen molar-refractivity contribution in [3.8, 4) is 22.5 Å². The molecular formula is C17H17FN4S. The van der Waals surface area contributed by atoms with Gasteiger partial charge in [-0.1, -0.05) is 0 Å². The minimum atomic E-state index is -0.261. The van der Waals surface area contributed by atoms with Gasteiger partial charge in [-0.15, -0.1) is 0 Å². The number of halogens is 1. The van der Waals surface area contributed by atoms with Gasteiger partial charge in [-0.3, -0.25) is 0 Å². The van der Waals surface area contributed by atoms with E-state index < -0.39 is 0 Å². The second kappa shape index (κ2) is 6.34. The Balaban J connectivity index is 2.17. The first-order valence-electron chi connectivity index (χ1n) is 7.35. The number of hydrogen-bond donors (Lipinski definition) is 2. The molecule has 0 aliphatic rings. The number of H-pyrrole nitrogens is 1. The average Bonchev–Trinajstić information content (AvgIpc) is 2.84. The number of nitrogens with one attached hydrogen (secondary N) is 2. The van der Waals surface area contributed by atoms with Crippen molar-refractivity contribution in [1.29, 1.82) is 0 Å². The van der Waals surface area contributed by atoms with Crippen molar-refractivity contribution in [2.24, 2.45) is 7.05 Å². The summed E-state index contributed by atoms with van der Waals surface area (Å²) in [4.78, 5) is 7.51. The molecule has 0 radical (unpaired) electrons. The van der Waals surface area contributed by atoms with Crippen LogP contribution in [0.25, 0.3) is 22.5 Å². The van der Waals surface area contributed by atoms with Gasteiger partial charge in [0.1, 0.15) is 11.6 Å². The Morgan fingerprint density at radius 1 is 1.22 bits per heavy atom. The molecule has 4 nitrogen and oxygen atoms in total. The van der Waals surface area contributed by atoms with Crippen LogP contribution in [0.1, 0.15) is 6.92 Å². The molecule has 0 fully saturated rings. The molecule has 2 heterocycles. The number of benzene rings is 1. The molecule has 6 heteroatoms. The molecule has 0 amide bonds. The number of hydrogen-bond acceptors (Lipinski definition) is 3. The second-order valence-electron chi connectivity index (χ2n) is 5.18. The van der Waals surface area contributed by atoms with Crippen LogP contribution in [0.15, 0.2) is 42.6 Å². The molecule has 0 aliphatic carbocycles. The molecule has 2 N–H and O–H groups in total. The van der Waals surface area contributed by atoms with Crippen molar-refractivity contribution >= 4 is 18.0 Å². The maximum atomic E-state index is 13.2. The highest BCUT2D eigenvalue weighted by molar-refractivity contribution is 7.71. The molecule has 2 aromatic heterocycles. The predicted octanol–water partition coefficient (Wildman–Crippen LogP) is 4.38. The van der Waals surface area contributed by atoms with Gasteiger partial charge in [0.25, 0.3) is 0 Å². The molecular weight excluding hydrogens is 311 g/mol. The summed E-state index contributed by atoms with van der Waals surface area (Å²) >= 11 is 5.37. The third-order valence-corrected chi connectivity index (χ3v) is 4.01. The topological polar surface area (TPSA) is 45.6 Å². The third-order valence-electron chi connectivity index (χ3n) is 3.63. The average molecular weight is 328 g/mol. The highest BCUT2D eigenvalue weighted by Gasteiger charge is 2.14. The standard InChI is InChI=1S/C17H17FN4S/c1-3-19-14-10-12(8-9-20-14)16-15(21-17(23)22(16)2)11-4-6-13(18)7-5-11/h4-10H,3H2,1-2H3,(H,19,20)(H,21,23). The van der Waals surface area contributed by atoms with Crippen LogP contribution in [-0.4, -0.2) is 21.1 Å². The quantitative estimate of drug-likeness (QED) is 0.699. The summed E-state index contributed by atoms with van der Waals surface area (Å²) in [5, 5.41) is 3.20. The molecule has 0 aliphatic heterocycles. The molecule has 1 aromatic carbocycles. The van der Waals surface area contributed by atoms with Gasteiger partial charge in [0.2, 0.25) is 0 Å². The highest BCUT2D eigenvalue weighted by Crippen LogP contribution is 2.32. The van der Waals surface area contributed by atoms with Gasteiger partial charge >= 0.3 is 0 Å². The minimum Gasteiger partial charge on any atom is -0.370 e. The summed E-state index contributed by atoms with van der Waals surface area (Å²) < 4.78 is 15.7. The minimum absolute atomic E-state index is 0.261. The lowest BCUT2D eigenvalue weighted by atomic mass is 10.1. The monoisotopic (exact) mass is 328 g/mol. The number of rotatable bonds is 4. The van der Waals surface area contributed by atoms with Crippen molar-refractivity contribution in [2.75, 3.05) is 11.9 Å². The first-order valence-corrected chi connectivity index (χ1v) is 7.76. The largest absolute Gasteiger partial charge is 0.370 e. The normalized spacial score (nSPS) is 10.7. The van der Waals surface area contributed by atoms with Crippen molar-refractivity contribution in [3.05, 3.63) is 53.2 Å². The van der Waals surface area contributed by atoms with Crippen LogP contribution in [0, 0.1) is 10.6 Å². The van der Waals surface area contributed by atoms with E-state index in [1.807, 2.05) is 30.7 Å². The van der Waals surface area contributed by atoms with Gasteiger partial charge in [0.15, 0.2) is 4.77 Å². The molecule has 3 aromatic rings.